The topological polar surface area (TPSA) is 0 Å². The van der Waals surface area contributed by atoms with E-state index in [0.29, 0.717) is 19.2 Å². The Balaban J connectivity index is 1.85. The second-order valence-corrected chi connectivity index (χ2v) is 24.3. The van der Waals surface area contributed by atoms with Crippen molar-refractivity contribution in [3.63, 3.8) is 0 Å². The average molecular weight is 695 g/mol. The molecule has 0 saturated heterocycles. The molecular weight excluding hydrogens is 647 g/mol. The summed E-state index contributed by atoms with van der Waals surface area (Å²) in [5.41, 5.74) is 12.2. The van der Waals surface area contributed by atoms with Crippen molar-refractivity contribution in [1.29, 1.82) is 0 Å². The molecule has 0 amide bonds. The number of hydrogen-bond acceptors (Lipinski definition) is 0. The second-order valence-electron chi connectivity index (χ2n) is 14.6. The monoisotopic (exact) mass is 696 g/mol. The van der Waals surface area contributed by atoms with Gasteiger partial charge in [0.15, 0.2) is 0 Å². The summed E-state index contributed by atoms with van der Waals surface area (Å²) in [6.45, 7) is 23.6. The Hall–Kier alpha value is -2.12. The number of hydrogen-bond donors (Lipinski definition) is 0. The zero-order valence-corrected chi connectivity index (χ0v) is 30.0. The Morgan fingerprint density at radius 3 is 1.52 bits per heavy atom. The summed E-state index contributed by atoms with van der Waals surface area (Å²) in [6, 6.07) is 24.5. The number of benzene rings is 3. The SMILES string of the molecule is CC(C)[C](c1ccc(C(C)C)cc1)=[Hf]([CH]1C=CC=C1)[CH]1c2cc(C(C)(C)C)ccc2-c2ccc(C(C)(C)C)cc21. The first kappa shape index (κ1) is 29.4. The summed E-state index contributed by atoms with van der Waals surface area (Å²) in [6.07, 6.45) is 9.68. The van der Waals surface area contributed by atoms with Crippen LogP contribution in [0.3, 0.4) is 0 Å². The van der Waals surface area contributed by atoms with Gasteiger partial charge >= 0.3 is 253 Å². The van der Waals surface area contributed by atoms with Gasteiger partial charge in [0.05, 0.1) is 0 Å². The van der Waals surface area contributed by atoms with E-state index in [9.17, 15) is 0 Å². The van der Waals surface area contributed by atoms with Crippen LogP contribution < -0.4 is 0 Å². The molecule has 0 spiro atoms. The fourth-order valence-electron chi connectivity index (χ4n) is 6.58. The Labute approximate surface area is 251 Å². The predicted octanol–water partition coefficient (Wildman–Crippen LogP) is 10.9. The molecule has 2 aliphatic rings. The van der Waals surface area contributed by atoms with Crippen LogP contribution in [-0.4, -0.2) is 3.26 Å². The van der Waals surface area contributed by atoms with Crippen LogP contribution in [0, 0.1) is 5.92 Å². The third-order valence-electron chi connectivity index (χ3n) is 8.94. The standard InChI is InChI=1S/C21H25.C13H18.C5H5.Hf/c1-20(2,3)16-7-9-18-14(12-16)11-15-13-17(21(4,5)6)8-10-19(15)18;1-10(2)9-12-5-7-13(8-6-12)11(3)4;1-2-4-5-3-1;/h7-13H,1-6H3;5-8,10-11H,1-4H3;1-5H;. The minimum absolute atomic E-state index is 0.126. The molecule has 3 aromatic rings. The van der Waals surface area contributed by atoms with Crippen molar-refractivity contribution < 1.29 is 21.0 Å². The third-order valence-corrected chi connectivity index (χ3v) is 22.7. The number of rotatable bonds is 5. The Morgan fingerprint density at radius 1 is 0.650 bits per heavy atom. The van der Waals surface area contributed by atoms with Crippen LogP contribution in [0.4, 0.5) is 0 Å². The average Bonchev–Trinajstić information content (AvgIpc) is 3.52. The zero-order valence-electron chi connectivity index (χ0n) is 26.4. The maximum atomic E-state index is 2.60. The van der Waals surface area contributed by atoms with Gasteiger partial charge in [-0.05, 0) is 0 Å². The molecule has 1 heteroatoms. The zero-order chi connectivity index (χ0) is 29.0. The van der Waals surface area contributed by atoms with E-state index in [1.807, 2.05) is 0 Å². The van der Waals surface area contributed by atoms with Crippen LogP contribution in [-0.2, 0) is 31.8 Å². The van der Waals surface area contributed by atoms with Gasteiger partial charge in [-0.2, -0.15) is 0 Å². The second kappa shape index (κ2) is 10.9. The summed E-state index contributed by atoms with van der Waals surface area (Å²) in [4.78, 5) is 0. The Morgan fingerprint density at radius 2 is 1.12 bits per heavy atom. The van der Waals surface area contributed by atoms with Crippen molar-refractivity contribution in [2.24, 2.45) is 5.92 Å². The van der Waals surface area contributed by atoms with Gasteiger partial charge in [-0.3, -0.25) is 0 Å². The summed E-state index contributed by atoms with van der Waals surface area (Å²) >= 11 is -2.72. The molecule has 208 valence electrons. The van der Waals surface area contributed by atoms with E-state index in [0.717, 1.165) is 0 Å². The fraction of sp³-hybridized carbons (Fsp3) is 0.410. The van der Waals surface area contributed by atoms with E-state index in [1.54, 1.807) is 14.4 Å². The van der Waals surface area contributed by atoms with Gasteiger partial charge in [0.1, 0.15) is 0 Å². The van der Waals surface area contributed by atoms with Crippen molar-refractivity contribution in [3.8, 4) is 11.1 Å². The molecule has 0 unspecified atom stereocenters. The van der Waals surface area contributed by atoms with Crippen LogP contribution in [0.1, 0.15) is 112 Å². The van der Waals surface area contributed by atoms with E-state index in [4.69, 9.17) is 0 Å². The Bertz CT molecular complexity index is 1420. The van der Waals surface area contributed by atoms with Gasteiger partial charge in [-0.15, -0.1) is 0 Å². The van der Waals surface area contributed by atoms with Crippen molar-refractivity contribution in [3.05, 3.63) is 118 Å². The minimum atomic E-state index is -2.72. The quantitative estimate of drug-likeness (QED) is 0.233. The van der Waals surface area contributed by atoms with Crippen molar-refractivity contribution >= 4 is 3.26 Å². The molecule has 5 rings (SSSR count). The van der Waals surface area contributed by atoms with E-state index in [2.05, 4.69) is 154 Å². The first-order valence-corrected chi connectivity index (χ1v) is 21.2. The third kappa shape index (κ3) is 5.53. The molecule has 0 radical (unpaired) electrons. The van der Waals surface area contributed by atoms with Crippen LogP contribution in [0.25, 0.3) is 11.1 Å². The van der Waals surface area contributed by atoms with Gasteiger partial charge < -0.3 is 0 Å². The Kier molecular flexibility index (Phi) is 8.03. The first-order chi connectivity index (χ1) is 18.8. The molecule has 0 aliphatic heterocycles. The molecule has 0 nitrogen and oxygen atoms in total. The van der Waals surface area contributed by atoms with Crippen LogP contribution in [0.5, 0.6) is 0 Å². The first-order valence-electron chi connectivity index (χ1n) is 15.3. The molecule has 0 heterocycles. The van der Waals surface area contributed by atoms with Gasteiger partial charge in [0, 0.05) is 0 Å². The molecule has 40 heavy (non-hydrogen) atoms. The molecule has 0 bridgehead atoms. The molecule has 2 aliphatic carbocycles. The molecule has 0 N–H and O–H groups in total. The van der Waals surface area contributed by atoms with E-state index in [1.165, 1.54) is 33.4 Å². The van der Waals surface area contributed by atoms with E-state index < -0.39 is 21.0 Å². The van der Waals surface area contributed by atoms with Crippen molar-refractivity contribution in [2.75, 3.05) is 0 Å². The van der Waals surface area contributed by atoms with Gasteiger partial charge in [-0.25, -0.2) is 0 Å². The summed E-state index contributed by atoms with van der Waals surface area (Å²) in [5.74, 6) is 1.08. The van der Waals surface area contributed by atoms with Crippen molar-refractivity contribution in [1.82, 2.24) is 0 Å². The van der Waals surface area contributed by atoms with Crippen LogP contribution >= 0.6 is 0 Å². The van der Waals surface area contributed by atoms with Gasteiger partial charge in [0.25, 0.3) is 0 Å². The van der Waals surface area contributed by atoms with Gasteiger partial charge in [0.2, 0.25) is 0 Å². The normalized spacial score (nSPS) is 16.2. The summed E-state index contributed by atoms with van der Waals surface area (Å²) in [5, 5.41) is 0. The molecule has 0 atom stereocenters. The molecule has 0 aromatic heterocycles. The predicted molar refractivity (Wildman–Crippen MR) is 173 cm³/mol. The summed E-state index contributed by atoms with van der Waals surface area (Å²) in [7, 11) is 0. The fourth-order valence-corrected chi connectivity index (χ4v) is 21.0. The van der Waals surface area contributed by atoms with E-state index in [-0.39, 0.29) is 10.8 Å². The van der Waals surface area contributed by atoms with Crippen LogP contribution in [0.15, 0.2) is 85.0 Å². The van der Waals surface area contributed by atoms with Crippen LogP contribution in [0.2, 0.25) is 3.67 Å². The van der Waals surface area contributed by atoms with Crippen molar-refractivity contribution in [2.45, 2.75) is 93.3 Å². The van der Waals surface area contributed by atoms with E-state index >= 15 is 0 Å². The number of allylic oxidation sites excluding steroid dienone is 4. The molecule has 0 fully saturated rings. The van der Waals surface area contributed by atoms with Gasteiger partial charge in [-0.1, -0.05) is 0 Å². The molecule has 0 saturated carbocycles. The maximum absolute atomic E-state index is 2.72. The molecular formula is C39H48Hf. The molecule has 3 aromatic carbocycles. The summed E-state index contributed by atoms with van der Waals surface area (Å²) < 4.78 is 2.87. The number of fused-ring (bicyclic) bond motifs is 3.